The van der Waals surface area contributed by atoms with Crippen LogP contribution in [-0.4, -0.2) is 95.6 Å². The average molecular weight is 801 g/mol. The highest BCUT2D eigenvalue weighted by Crippen LogP contribution is 2.31. The van der Waals surface area contributed by atoms with Gasteiger partial charge in [-0.2, -0.15) is 0 Å². The van der Waals surface area contributed by atoms with Gasteiger partial charge in [0.05, 0.1) is 6.04 Å². The highest BCUT2D eigenvalue weighted by Gasteiger charge is 2.35. The van der Waals surface area contributed by atoms with Crippen LogP contribution in [0.2, 0.25) is 0 Å². The van der Waals surface area contributed by atoms with Crippen LogP contribution in [-0.2, 0) is 32.0 Å². The standard InChI is InChI=1S/C33H50N8O6.4ClH/c1-2-41-27(32(46)39-13-4-5-24(36)19-30(44)38-14-12-35)18-23-16-21(8-10-29(23)43)20-7-9-28(42)22(15-20)17-25(37)31(45)40-26(33(41)47)6-3-11-34;;;;/h7-10,15-16,24-27,42-43H,2-6,11-14,17-19,34-37H2,1H3,(H,38,44)(H,39,46)(H,40,45);4*1H/t24-,25-,26-,27-;;;;/m0..../s1. The third-order valence-corrected chi connectivity index (χ3v) is 8.26. The Morgan fingerprint density at radius 2 is 1.49 bits per heavy atom. The van der Waals surface area contributed by atoms with Gasteiger partial charge >= 0.3 is 0 Å². The zero-order chi connectivity index (χ0) is 34.5. The summed E-state index contributed by atoms with van der Waals surface area (Å²) in [6, 6.07) is 6.39. The first-order valence-corrected chi connectivity index (χ1v) is 16.2. The molecule has 0 unspecified atom stereocenters. The monoisotopic (exact) mass is 798 g/mol. The highest BCUT2D eigenvalue weighted by atomic mass is 35.5. The van der Waals surface area contributed by atoms with Crippen LogP contribution in [0.1, 0.15) is 50.2 Å². The zero-order valence-corrected chi connectivity index (χ0v) is 31.9. The second-order valence-corrected chi connectivity index (χ2v) is 11.9. The van der Waals surface area contributed by atoms with Crippen molar-refractivity contribution in [3.8, 4) is 22.6 Å². The van der Waals surface area contributed by atoms with Gasteiger partial charge in [-0.15, -0.1) is 49.6 Å². The number of hydrogen-bond acceptors (Lipinski definition) is 10. The van der Waals surface area contributed by atoms with E-state index in [9.17, 15) is 29.4 Å². The molecular weight excluding hydrogens is 746 g/mol. The lowest BCUT2D eigenvalue weighted by Crippen LogP contribution is -2.58. The summed E-state index contributed by atoms with van der Waals surface area (Å²) in [6.45, 7) is 3.09. The molecule has 2 aromatic carbocycles. The third-order valence-electron chi connectivity index (χ3n) is 8.26. The number of benzene rings is 2. The molecule has 0 aliphatic carbocycles. The van der Waals surface area contributed by atoms with Crippen molar-refractivity contribution in [3.63, 3.8) is 0 Å². The molecule has 0 saturated carbocycles. The Morgan fingerprint density at radius 3 is 2.04 bits per heavy atom. The molecule has 1 aliphatic heterocycles. The minimum Gasteiger partial charge on any atom is -0.508 e. The maximum Gasteiger partial charge on any atom is 0.245 e. The molecule has 3 rings (SSSR count). The second-order valence-electron chi connectivity index (χ2n) is 11.9. The molecule has 1 aliphatic rings. The summed E-state index contributed by atoms with van der Waals surface area (Å²) in [5.74, 6) is -1.78. The first-order chi connectivity index (χ1) is 22.5. The van der Waals surface area contributed by atoms with Crippen molar-refractivity contribution in [1.29, 1.82) is 0 Å². The number of likely N-dealkylation sites (N-methyl/N-ethyl adjacent to an activating group) is 1. The number of rotatable bonds is 13. The molecule has 4 atom stereocenters. The van der Waals surface area contributed by atoms with E-state index in [1.165, 1.54) is 17.0 Å². The van der Waals surface area contributed by atoms with E-state index >= 15 is 0 Å². The molecular formula is C33H54Cl4N8O6. The zero-order valence-electron chi connectivity index (χ0n) is 28.7. The van der Waals surface area contributed by atoms with Gasteiger partial charge in [0, 0.05) is 51.5 Å². The number of amides is 4. The van der Waals surface area contributed by atoms with Crippen LogP contribution in [0.25, 0.3) is 11.1 Å². The van der Waals surface area contributed by atoms with E-state index < -0.39 is 41.9 Å². The topological polar surface area (TPSA) is 252 Å². The number of carbonyl (C=O) groups is 4. The van der Waals surface area contributed by atoms with Crippen LogP contribution < -0.4 is 38.9 Å². The summed E-state index contributed by atoms with van der Waals surface area (Å²) >= 11 is 0. The van der Waals surface area contributed by atoms with E-state index in [-0.39, 0.29) is 112 Å². The predicted octanol–water partition coefficient (Wildman–Crippen LogP) is 1.01. The molecule has 290 valence electrons. The number of aromatic hydroxyl groups is 2. The SMILES string of the molecule is CCN1C(=O)[C@H](CCCN)NC(=O)[C@@H](N)Cc2cc(ccc2O)-c2ccc(O)c(c2)C[C@H]1C(=O)NCCC[C@H](N)CC(=O)NCCN.Cl.Cl.Cl.Cl. The number of fused-ring (bicyclic) bond motifs is 5. The Hall–Kier alpha value is -3.08. The van der Waals surface area contributed by atoms with Gasteiger partial charge in [-0.1, -0.05) is 12.1 Å². The van der Waals surface area contributed by atoms with E-state index in [0.717, 1.165) is 0 Å². The van der Waals surface area contributed by atoms with Gasteiger partial charge in [-0.05, 0) is 85.7 Å². The number of phenolic OH excluding ortho intramolecular Hbond substituents is 2. The van der Waals surface area contributed by atoms with Gasteiger partial charge in [0.2, 0.25) is 23.6 Å². The molecule has 13 N–H and O–H groups in total. The first-order valence-electron chi connectivity index (χ1n) is 16.2. The maximum atomic E-state index is 14.1. The van der Waals surface area contributed by atoms with Crippen LogP contribution in [0.15, 0.2) is 36.4 Å². The Morgan fingerprint density at radius 1 is 0.902 bits per heavy atom. The van der Waals surface area contributed by atoms with Crippen LogP contribution in [0.5, 0.6) is 11.5 Å². The van der Waals surface area contributed by atoms with Gasteiger partial charge in [-0.25, -0.2) is 0 Å². The number of carbonyl (C=O) groups excluding carboxylic acids is 4. The second kappa shape index (κ2) is 25.0. The number of nitrogens with one attached hydrogen (secondary N) is 3. The van der Waals surface area contributed by atoms with Crippen molar-refractivity contribution < 1.29 is 29.4 Å². The van der Waals surface area contributed by atoms with E-state index in [1.807, 2.05) is 0 Å². The van der Waals surface area contributed by atoms with Gasteiger partial charge in [0.1, 0.15) is 23.6 Å². The smallest absolute Gasteiger partial charge is 0.245 e. The lowest BCUT2D eigenvalue weighted by molar-refractivity contribution is -0.143. The summed E-state index contributed by atoms with van der Waals surface area (Å²) in [6.07, 6.45) is 1.73. The molecule has 18 heteroatoms. The molecule has 1 heterocycles. The lowest BCUT2D eigenvalue weighted by atomic mass is 9.95. The fourth-order valence-corrected chi connectivity index (χ4v) is 5.65. The van der Waals surface area contributed by atoms with E-state index in [2.05, 4.69) is 16.0 Å². The fourth-order valence-electron chi connectivity index (χ4n) is 5.65. The Balaban J connectivity index is 0. The van der Waals surface area contributed by atoms with Crippen molar-refractivity contribution in [3.05, 3.63) is 47.5 Å². The largest absolute Gasteiger partial charge is 0.508 e. The van der Waals surface area contributed by atoms with Crippen LogP contribution in [0.4, 0.5) is 0 Å². The molecule has 2 aromatic rings. The third kappa shape index (κ3) is 14.8. The van der Waals surface area contributed by atoms with Gasteiger partial charge < -0.3 is 54.0 Å². The van der Waals surface area contributed by atoms with E-state index in [4.69, 9.17) is 22.9 Å². The van der Waals surface area contributed by atoms with Crippen LogP contribution >= 0.6 is 49.6 Å². The number of halogens is 4. The van der Waals surface area contributed by atoms with Gasteiger partial charge in [-0.3, -0.25) is 19.2 Å². The quantitative estimate of drug-likeness (QED) is 0.130. The van der Waals surface area contributed by atoms with Crippen molar-refractivity contribution in [2.75, 3.05) is 32.7 Å². The normalized spacial score (nSPS) is 17.7. The molecule has 51 heavy (non-hydrogen) atoms. The van der Waals surface area contributed by atoms with Gasteiger partial charge in [0.25, 0.3) is 0 Å². The molecule has 0 radical (unpaired) electrons. The Kier molecular flexibility index (Phi) is 24.5. The van der Waals surface area contributed by atoms with Crippen LogP contribution in [0.3, 0.4) is 0 Å². The summed E-state index contributed by atoms with van der Waals surface area (Å²) in [5.41, 5.74) is 25.8. The maximum absolute atomic E-state index is 14.1. The number of hydrogen-bond donors (Lipinski definition) is 9. The fraction of sp³-hybridized carbons (Fsp3) is 0.515. The summed E-state index contributed by atoms with van der Waals surface area (Å²) in [7, 11) is 0. The van der Waals surface area contributed by atoms with Gasteiger partial charge in [0.15, 0.2) is 0 Å². The molecule has 0 spiro atoms. The molecule has 14 nitrogen and oxygen atoms in total. The minimum absolute atomic E-state index is 0. The van der Waals surface area contributed by atoms with Crippen LogP contribution in [0, 0.1) is 0 Å². The summed E-state index contributed by atoms with van der Waals surface area (Å²) < 4.78 is 0. The highest BCUT2D eigenvalue weighted by molar-refractivity contribution is 5.93. The molecule has 0 saturated heterocycles. The van der Waals surface area contributed by atoms with Crippen molar-refractivity contribution in [2.24, 2.45) is 22.9 Å². The molecule has 0 aromatic heterocycles. The average Bonchev–Trinajstić information content (AvgIpc) is 3.05. The number of nitrogens with two attached hydrogens (primary N) is 4. The van der Waals surface area contributed by atoms with Crippen molar-refractivity contribution in [2.45, 2.75) is 76.0 Å². The summed E-state index contributed by atoms with van der Waals surface area (Å²) in [4.78, 5) is 54.5. The van der Waals surface area contributed by atoms with Crippen molar-refractivity contribution in [1.82, 2.24) is 20.9 Å². The van der Waals surface area contributed by atoms with Crippen molar-refractivity contribution >= 4 is 73.3 Å². The van der Waals surface area contributed by atoms with E-state index in [1.54, 1.807) is 31.2 Å². The Labute approximate surface area is 324 Å². The molecule has 0 fully saturated rings. The predicted molar refractivity (Wildman–Crippen MR) is 208 cm³/mol. The Bertz CT molecular complexity index is 1410. The molecule has 4 amide bonds. The lowest BCUT2D eigenvalue weighted by Gasteiger charge is -2.34. The molecule has 4 bridgehead atoms. The number of phenols is 2. The first kappa shape index (κ1) is 50.0. The summed E-state index contributed by atoms with van der Waals surface area (Å²) in [5, 5.41) is 29.7. The number of nitrogens with zero attached hydrogens (tertiary/aromatic N) is 1. The minimum atomic E-state index is -1.07. The van der Waals surface area contributed by atoms with E-state index in [0.29, 0.717) is 54.6 Å².